The zero-order valence-corrected chi connectivity index (χ0v) is 29.9. The van der Waals surface area contributed by atoms with Gasteiger partial charge in [0.05, 0.1) is 5.69 Å². The fourth-order valence-corrected chi connectivity index (χ4v) is 13.5. The van der Waals surface area contributed by atoms with Crippen molar-refractivity contribution in [3.63, 3.8) is 0 Å². The van der Waals surface area contributed by atoms with Crippen LogP contribution in [0.4, 0.5) is 17.1 Å². The molecular weight excluding hydrogens is 615 g/mol. The molecule has 0 heterocycles. The Hall–Kier alpha value is -4.10. The highest BCUT2D eigenvalue weighted by Gasteiger charge is 2.52. The Morgan fingerprint density at radius 1 is 0.314 bits per heavy atom. The minimum absolute atomic E-state index is 0.680. The number of anilines is 3. The summed E-state index contributed by atoms with van der Waals surface area (Å²) in [4.78, 5) is 2.74. The number of rotatable bonds is 7. The molecule has 0 N–H and O–H groups in total. The van der Waals surface area contributed by atoms with Crippen molar-refractivity contribution in [2.45, 2.75) is 76.0 Å². The maximum Gasteiger partial charge on any atom is 0.0531 e. The first kappa shape index (κ1) is 30.5. The van der Waals surface area contributed by atoms with Gasteiger partial charge in [0.15, 0.2) is 0 Å². The summed E-state index contributed by atoms with van der Waals surface area (Å²) in [6.45, 7) is 0. The van der Waals surface area contributed by atoms with Crippen LogP contribution in [-0.4, -0.2) is 0 Å². The molecule has 0 unspecified atom stereocenters. The molecule has 5 aromatic rings. The van der Waals surface area contributed by atoms with E-state index < -0.39 is 0 Å². The summed E-state index contributed by atoms with van der Waals surface area (Å²) in [6, 6.07) is 48.6. The van der Waals surface area contributed by atoms with Crippen molar-refractivity contribution in [2.75, 3.05) is 4.90 Å². The largest absolute Gasteiger partial charge is 0.310 e. The lowest BCUT2D eigenvalue weighted by molar-refractivity contribution is -0.00461. The Kier molecular flexibility index (Phi) is 7.33. The molecule has 0 amide bonds. The molecule has 5 aromatic carbocycles. The second-order valence-electron chi connectivity index (χ2n) is 17.9. The predicted octanol–water partition coefficient (Wildman–Crippen LogP) is 13.6. The molecule has 256 valence electrons. The summed E-state index contributed by atoms with van der Waals surface area (Å²) >= 11 is 0. The summed E-state index contributed by atoms with van der Waals surface area (Å²) in [5.74, 6) is 8.65. The van der Waals surface area contributed by atoms with Crippen molar-refractivity contribution in [1.82, 2.24) is 0 Å². The fourth-order valence-electron chi connectivity index (χ4n) is 13.5. The first-order chi connectivity index (χ1) is 25.2. The van der Waals surface area contributed by atoms with Crippen molar-refractivity contribution < 1.29 is 0 Å². The van der Waals surface area contributed by atoms with Gasteiger partial charge < -0.3 is 4.90 Å². The molecule has 8 saturated carbocycles. The molecule has 0 atom stereocenters. The van der Waals surface area contributed by atoms with Gasteiger partial charge in [-0.05, 0) is 181 Å². The molecule has 0 saturated heterocycles. The summed E-state index contributed by atoms with van der Waals surface area (Å²) in [6.07, 6.45) is 14.7. The molecule has 0 radical (unpaired) electrons. The van der Waals surface area contributed by atoms with Crippen molar-refractivity contribution in [3.8, 4) is 22.3 Å². The van der Waals surface area contributed by atoms with Gasteiger partial charge in [0.25, 0.3) is 0 Å². The summed E-state index contributed by atoms with van der Waals surface area (Å²) in [5, 5.41) is 0. The molecule has 8 aliphatic rings. The van der Waals surface area contributed by atoms with Gasteiger partial charge in [-0.3, -0.25) is 0 Å². The third-order valence-electron chi connectivity index (χ3n) is 15.0. The van der Waals surface area contributed by atoms with Crippen LogP contribution in [-0.2, 0) is 0 Å². The molecule has 0 aliphatic heterocycles. The van der Waals surface area contributed by atoms with Crippen LogP contribution in [0.15, 0.2) is 127 Å². The predicted molar refractivity (Wildman–Crippen MR) is 212 cm³/mol. The van der Waals surface area contributed by atoms with E-state index in [-0.39, 0.29) is 0 Å². The lowest BCUT2D eigenvalue weighted by Gasteiger charge is -2.56. The number of benzene rings is 5. The monoisotopic (exact) mass is 665 g/mol. The third-order valence-corrected chi connectivity index (χ3v) is 15.0. The Labute approximate surface area is 305 Å². The third kappa shape index (κ3) is 5.24. The van der Waals surface area contributed by atoms with Crippen molar-refractivity contribution >= 4 is 17.1 Å². The summed E-state index contributed by atoms with van der Waals surface area (Å²) in [5.41, 5.74) is 12.6. The lowest BCUT2D eigenvalue weighted by Crippen LogP contribution is -2.45. The Morgan fingerprint density at radius 3 is 1.00 bits per heavy atom. The molecule has 8 bridgehead atoms. The van der Waals surface area contributed by atoms with E-state index in [9.17, 15) is 0 Å². The fraction of sp³-hybridized carbons (Fsp3) is 0.400. The van der Waals surface area contributed by atoms with E-state index in [2.05, 4.69) is 132 Å². The second kappa shape index (κ2) is 12.3. The van der Waals surface area contributed by atoms with E-state index in [1.165, 1.54) is 97.8 Å². The van der Waals surface area contributed by atoms with Crippen LogP contribution < -0.4 is 4.90 Å². The van der Waals surface area contributed by atoms with E-state index in [4.69, 9.17) is 0 Å². The average molecular weight is 666 g/mol. The van der Waals surface area contributed by atoms with Crippen LogP contribution in [0.1, 0.15) is 87.2 Å². The van der Waals surface area contributed by atoms with Gasteiger partial charge in [0.2, 0.25) is 0 Å². The van der Waals surface area contributed by atoms with Crippen LogP contribution in [0, 0.1) is 47.3 Å². The second-order valence-corrected chi connectivity index (χ2v) is 17.9. The zero-order valence-electron chi connectivity index (χ0n) is 29.9. The van der Waals surface area contributed by atoms with E-state index in [1.54, 1.807) is 16.8 Å². The molecule has 13 rings (SSSR count). The standard InChI is InChI=1S/C50H51N/c1-3-8-36(9-4-1)38-14-18-44(19-15-38)51(45-20-16-39(17-21-45)37-10-5-2-6-11-37)50-46(48-40-24-32-22-33(26-40)27-41(48)25-32)12-7-13-47(50)49-42-28-34-23-35(30-42)31-43(49)29-34/h1-21,32-35,40-43,48-49H,22-31H2. The molecular formula is C50H51N. The number of para-hydroxylation sites is 1. The van der Waals surface area contributed by atoms with Gasteiger partial charge in [0.1, 0.15) is 0 Å². The Bertz CT molecular complexity index is 1810. The van der Waals surface area contributed by atoms with Crippen molar-refractivity contribution in [1.29, 1.82) is 0 Å². The van der Waals surface area contributed by atoms with Gasteiger partial charge in [-0.2, -0.15) is 0 Å². The van der Waals surface area contributed by atoms with Gasteiger partial charge in [0, 0.05) is 11.4 Å². The highest BCUT2D eigenvalue weighted by atomic mass is 15.1. The highest BCUT2D eigenvalue weighted by Crippen LogP contribution is 2.65. The molecule has 8 aliphatic carbocycles. The Balaban J connectivity index is 1.10. The van der Waals surface area contributed by atoms with Crippen LogP contribution in [0.3, 0.4) is 0 Å². The maximum absolute atomic E-state index is 2.74. The number of hydrogen-bond acceptors (Lipinski definition) is 1. The quantitative estimate of drug-likeness (QED) is 0.167. The highest BCUT2D eigenvalue weighted by molar-refractivity contribution is 5.84. The van der Waals surface area contributed by atoms with Crippen molar-refractivity contribution in [3.05, 3.63) is 139 Å². The van der Waals surface area contributed by atoms with Crippen LogP contribution >= 0.6 is 0 Å². The van der Waals surface area contributed by atoms with E-state index in [1.807, 2.05) is 0 Å². The summed E-state index contributed by atoms with van der Waals surface area (Å²) < 4.78 is 0. The first-order valence-corrected chi connectivity index (χ1v) is 20.5. The van der Waals surface area contributed by atoms with Crippen LogP contribution in [0.5, 0.6) is 0 Å². The lowest BCUT2D eigenvalue weighted by atomic mass is 9.49. The maximum atomic E-state index is 2.74. The molecule has 8 fully saturated rings. The first-order valence-electron chi connectivity index (χ1n) is 20.5. The smallest absolute Gasteiger partial charge is 0.0531 e. The van der Waals surface area contributed by atoms with E-state index >= 15 is 0 Å². The van der Waals surface area contributed by atoms with E-state index in [0.717, 1.165) is 47.3 Å². The normalized spacial score (nSPS) is 32.7. The molecule has 1 nitrogen and oxygen atoms in total. The zero-order chi connectivity index (χ0) is 33.5. The van der Waals surface area contributed by atoms with Crippen LogP contribution in [0.2, 0.25) is 0 Å². The topological polar surface area (TPSA) is 3.24 Å². The minimum Gasteiger partial charge on any atom is -0.310 e. The number of nitrogens with zero attached hydrogens (tertiary/aromatic N) is 1. The molecule has 0 spiro atoms. The molecule has 51 heavy (non-hydrogen) atoms. The van der Waals surface area contributed by atoms with Gasteiger partial charge in [-0.15, -0.1) is 0 Å². The number of hydrogen-bond donors (Lipinski definition) is 0. The molecule has 1 heteroatoms. The summed E-state index contributed by atoms with van der Waals surface area (Å²) in [7, 11) is 0. The van der Waals surface area contributed by atoms with Gasteiger partial charge in [-0.1, -0.05) is 103 Å². The van der Waals surface area contributed by atoms with E-state index in [0.29, 0.717) is 11.8 Å². The van der Waals surface area contributed by atoms with Gasteiger partial charge in [-0.25, -0.2) is 0 Å². The molecule has 0 aromatic heterocycles. The van der Waals surface area contributed by atoms with Gasteiger partial charge >= 0.3 is 0 Å². The average Bonchev–Trinajstić information content (AvgIpc) is 3.16. The minimum atomic E-state index is 0.680. The van der Waals surface area contributed by atoms with Crippen LogP contribution in [0.25, 0.3) is 22.3 Å². The Morgan fingerprint density at radius 2 is 0.647 bits per heavy atom. The van der Waals surface area contributed by atoms with Crippen molar-refractivity contribution in [2.24, 2.45) is 47.3 Å². The SMILES string of the molecule is c1ccc(-c2ccc(N(c3ccc(-c4ccccc4)cc3)c3c(C4C5CC6CC(C5)CC4C6)cccc3C3C4CC5CC(C4)CC3C5)cc2)cc1.